The molecule has 2 N–H and O–H groups in total. The molecule has 1 saturated heterocycles. The van der Waals surface area contributed by atoms with Gasteiger partial charge in [-0.15, -0.1) is 0 Å². The highest BCUT2D eigenvalue weighted by molar-refractivity contribution is 8.00. The van der Waals surface area contributed by atoms with Crippen molar-refractivity contribution in [3.05, 3.63) is 34.9 Å². The number of hydrogen-bond acceptors (Lipinski definition) is 3. The quantitative estimate of drug-likeness (QED) is 0.924. The number of thioether (sulfide) groups is 1. The zero-order valence-corrected chi connectivity index (χ0v) is 13.3. The molecule has 1 aromatic carbocycles. The normalized spacial score (nSPS) is 27.7. The summed E-state index contributed by atoms with van der Waals surface area (Å²) in [6.45, 7) is 3.94. The average Bonchev–Trinajstić information content (AvgIpc) is 2.39. The summed E-state index contributed by atoms with van der Waals surface area (Å²) in [5.41, 5.74) is 7.50. The Kier molecular flexibility index (Phi) is 5.18. The maximum Gasteiger partial charge on any atom is 0.0448 e. The lowest BCUT2D eigenvalue weighted by atomic mass is 9.87. The third-order valence-electron chi connectivity index (χ3n) is 4.30. The lowest BCUT2D eigenvalue weighted by Gasteiger charge is -2.48. The minimum absolute atomic E-state index is 0.116. The molecule has 0 aromatic heterocycles. The zero-order chi connectivity index (χ0) is 13.9. The van der Waals surface area contributed by atoms with E-state index < -0.39 is 0 Å². The Hall–Kier alpha value is -0.220. The van der Waals surface area contributed by atoms with Gasteiger partial charge in [0.15, 0.2) is 0 Å². The van der Waals surface area contributed by atoms with Crippen LogP contribution in [-0.4, -0.2) is 35.0 Å². The third kappa shape index (κ3) is 3.27. The Balaban J connectivity index is 2.14. The van der Waals surface area contributed by atoms with Gasteiger partial charge in [-0.3, -0.25) is 4.90 Å². The lowest BCUT2D eigenvalue weighted by molar-refractivity contribution is 0.104. The molecule has 106 valence electrons. The molecule has 2 atom stereocenters. The number of likely N-dealkylation sites (N-methyl/N-ethyl adjacent to an activating group) is 1. The van der Waals surface area contributed by atoms with Gasteiger partial charge in [0.1, 0.15) is 0 Å². The van der Waals surface area contributed by atoms with Gasteiger partial charge in [0.05, 0.1) is 0 Å². The van der Waals surface area contributed by atoms with Crippen LogP contribution in [0.5, 0.6) is 0 Å². The summed E-state index contributed by atoms with van der Waals surface area (Å²) in [4.78, 5) is 2.43. The van der Waals surface area contributed by atoms with Crippen molar-refractivity contribution < 1.29 is 0 Å². The van der Waals surface area contributed by atoms with E-state index in [1.165, 1.54) is 24.2 Å². The number of hydrogen-bond donors (Lipinski definition) is 1. The second-order valence-electron chi connectivity index (χ2n) is 5.41. The predicted octanol–water partition coefficient (Wildman–Crippen LogP) is 3.38. The van der Waals surface area contributed by atoms with Gasteiger partial charge in [-0.1, -0.05) is 30.7 Å². The van der Waals surface area contributed by atoms with Crippen molar-refractivity contribution in [3.63, 3.8) is 0 Å². The number of nitrogens with two attached hydrogens (primary N) is 1. The van der Waals surface area contributed by atoms with Crippen LogP contribution in [0.1, 0.15) is 25.3 Å². The Morgan fingerprint density at radius 3 is 2.95 bits per heavy atom. The Morgan fingerprint density at radius 1 is 1.53 bits per heavy atom. The van der Waals surface area contributed by atoms with Crippen molar-refractivity contribution in [2.45, 2.75) is 37.1 Å². The highest BCUT2D eigenvalue weighted by Gasteiger charge is 2.40. The lowest BCUT2D eigenvalue weighted by Crippen LogP contribution is -2.59. The predicted molar refractivity (Wildman–Crippen MR) is 85.9 cm³/mol. The molecule has 0 saturated carbocycles. The minimum Gasteiger partial charge on any atom is -0.329 e. The summed E-state index contributed by atoms with van der Waals surface area (Å²) >= 11 is 8.11. The number of nitrogens with zero attached hydrogens (tertiary/aromatic N) is 1. The fraction of sp³-hybridized carbons (Fsp3) is 0.600. The molecule has 0 amide bonds. The van der Waals surface area contributed by atoms with Crippen molar-refractivity contribution >= 4 is 23.4 Å². The van der Waals surface area contributed by atoms with Crippen LogP contribution in [0.2, 0.25) is 5.02 Å². The summed E-state index contributed by atoms with van der Waals surface area (Å²) in [7, 11) is 2.19. The summed E-state index contributed by atoms with van der Waals surface area (Å²) in [6, 6.07) is 8.11. The first-order valence-electron chi connectivity index (χ1n) is 6.86. The minimum atomic E-state index is 0.116. The van der Waals surface area contributed by atoms with Gasteiger partial charge < -0.3 is 5.73 Å². The highest BCUT2D eigenvalue weighted by atomic mass is 35.5. The second kappa shape index (κ2) is 6.49. The van der Waals surface area contributed by atoms with E-state index in [2.05, 4.69) is 24.9 Å². The van der Waals surface area contributed by atoms with Crippen molar-refractivity contribution in [1.29, 1.82) is 0 Å². The molecule has 0 radical (unpaired) electrons. The summed E-state index contributed by atoms with van der Waals surface area (Å²) < 4.78 is 0. The Labute approximate surface area is 125 Å². The van der Waals surface area contributed by atoms with E-state index in [9.17, 15) is 0 Å². The SMILES string of the molecule is CC1SCCCC1(CN)N(C)Cc1cccc(Cl)c1. The summed E-state index contributed by atoms with van der Waals surface area (Å²) in [6.07, 6.45) is 2.45. The van der Waals surface area contributed by atoms with Crippen LogP contribution in [0.4, 0.5) is 0 Å². The second-order valence-corrected chi connectivity index (χ2v) is 7.30. The topological polar surface area (TPSA) is 29.3 Å². The maximum atomic E-state index is 6.13. The first kappa shape index (κ1) is 15.2. The molecule has 1 fully saturated rings. The van der Waals surface area contributed by atoms with Gasteiger partial charge in [-0.25, -0.2) is 0 Å². The third-order valence-corrected chi connectivity index (χ3v) is 6.00. The molecule has 1 aliphatic heterocycles. The standard InChI is InChI=1S/C15H23ClN2S/c1-12-15(11-17,7-4-8-19-12)18(2)10-13-5-3-6-14(16)9-13/h3,5-6,9,12H,4,7-8,10-11,17H2,1-2H3. The van der Waals surface area contributed by atoms with Crippen LogP contribution in [0, 0.1) is 0 Å². The van der Waals surface area contributed by atoms with E-state index >= 15 is 0 Å². The molecule has 0 spiro atoms. The van der Waals surface area contributed by atoms with Crippen LogP contribution in [-0.2, 0) is 6.54 Å². The van der Waals surface area contributed by atoms with E-state index in [0.29, 0.717) is 5.25 Å². The van der Waals surface area contributed by atoms with Gasteiger partial charge in [0, 0.05) is 28.9 Å². The number of rotatable bonds is 4. The van der Waals surface area contributed by atoms with Crippen LogP contribution in [0.25, 0.3) is 0 Å². The van der Waals surface area contributed by atoms with Crippen molar-refractivity contribution in [1.82, 2.24) is 4.90 Å². The summed E-state index contributed by atoms with van der Waals surface area (Å²) in [5, 5.41) is 1.38. The van der Waals surface area contributed by atoms with Crippen LogP contribution < -0.4 is 5.73 Å². The highest BCUT2D eigenvalue weighted by Crippen LogP contribution is 2.37. The molecule has 2 unspecified atom stereocenters. The van der Waals surface area contributed by atoms with E-state index in [-0.39, 0.29) is 5.54 Å². The van der Waals surface area contributed by atoms with Crippen LogP contribution in [0.15, 0.2) is 24.3 Å². The van der Waals surface area contributed by atoms with E-state index in [1.807, 2.05) is 30.0 Å². The Morgan fingerprint density at radius 2 is 2.32 bits per heavy atom. The average molecular weight is 299 g/mol. The van der Waals surface area contributed by atoms with E-state index in [0.717, 1.165) is 18.1 Å². The molecule has 1 aliphatic rings. The molecule has 0 aliphatic carbocycles. The number of benzene rings is 1. The molecule has 2 rings (SSSR count). The molecule has 1 heterocycles. The monoisotopic (exact) mass is 298 g/mol. The smallest absolute Gasteiger partial charge is 0.0448 e. The summed E-state index contributed by atoms with van der Waals surface area (Å²) in [5.74, 6) is 1.26. The van der Waals surface area contributed by atoms with Crippen molar-refractivity contribution in [2.24, 2.45) is 5.73 Å². The molecular weight excluding hydrogens is 276 g/mol. The fourth-order valence-electron chi connectivity index (χ4n) is 2.99. The zero-order valence-electron chi connectivity index (χ0n) is 11.7. The van der Waals surface area contributed by atoms with Gasteiger partial charge in [0.2, 0.25) is 0 Å². The van der Waals surface area contributed by atoms with Crippen molar-refractivity contribution in [2.75, 3.05) is 19.3 Å². The molecule has 2 nitrogen and oxygen atoms in total. The fourth-order valence-corrected chi connectivity index (χ4v) is 4.57. The molecule has 1 aromatic rings. The van der Waals surface area contributed by atoms with Crippen LogP contribution >= 0.6 is 23.4 Å². The molecule has 19 heavy (non-hydrogen) atoms. The van der Waals surface area contributed by atoms with Gasteiger partial charge in [-0.2, -0.15) is 11.8 Å². The first-order valence-corrected chi connectivity index (χ1v) is 8.28. The molecule has 0 bridgehead atoms. The van der Waals surface area contributed by atoms with Gasteiger partial charge in [-0.05, 0) is 43.3 Å². The largest absolute Gasteiger partial charge is 0.329 e. The van der Waals surface area contributed by atoms with Crippen LogP contribution in [0.3, 0.4) is 0 Å². The molecule has 4 heteroatoms. The van der Waals surface area contributed by atoms with Crippen molar-refractivity contribution in [3.8, 4) is 0 Å². The number of halogens is 1. The van der Waals surface area contributed by atoms with Gasteiger partial charge in [0.25, 0.3) is 0 Å². The first-order chi connectivity index (χ1) is 9.08. The Bertz CT molecular complexity index is 426. The van der Waals surface area contributed by atoms with Gasteiger partial charge >= 0.3 is 0 Å². The maximum absolute atomic E-state index is 6.13. The van der Waals surface area contributed by atoms with E-state index in [4.69, 9.17) is 17.3 Å². The molecular formula is C15H23ClN2S. The van der Waals surface area contributed by atoms with E-state index in [1.54, 1.807) is 0 Å².